The minimum atomic E-state index is -3.75. The van der Waals surface area contributed by atoms with Crippen LogP contribution in [0.3, 0.4) is 0 Å². The summed E-state index contributed by atoms with van der Waals surface area (Å²) in [6.45, 7) is 5.61. The van der Waals surface area contributed by atoms with Gasteiger partial charge in [0.25, 0.3) is 5.56 Å². The molecule has 0 atom stereocenters. The first-order chi connectivity index (χ1) is 13.2. The van der Waals surface area contributed by atoms with Gasteiger partial charge in [-0.25, -0.2) is 22.8 Å². The van der Waals surface area contributed by atoms with Gasteiger partial charge in [-0.3, -0.25) is 4.79 Å². The Balaban J connectivity index is 1.78. The molecule has 0 saturated heterocycles. The van der Waals surface area contributed by atoms with Gasteiger partial charge in [0.2, 0.25) is 10.0 Å². The summed E-state index contributed by atoms with van der Waals surface area (Å²) in [5.41, 5.74) is 1.76. The highest BCUT2D eigenvalue weighted by molar-refractivity contribution is 7.89. The molecule has 148 valence electrons. The Morgan fingerprint density at radius 1 is 1.18 bits per heavy atom. The maximum atomic E-state index is 12.5. The first kappa shape index (κ1) is 20.7. The van der Waals surface area contributed by atoms with E-state index in [2.05, 4.69) is 14.8 Å². The normalized spacial score (nSPS) is 11.7. The Kier molecular flexibility index (Phi) is 5.99. The summed E-state index contributed by atoms with van der Waals surface area (Å²) >= 11 is 7.41. The molecule has 0 unspecified atom stereocenters. The number of rotatable bonds is 6. The number of hydrogen-bond acceptors (Lipinski definition) is 6. The average Bonchev–Trinajstić information content (AvgIpc) is 2.97. The smallest absolute Gasteiger partial charge is 0.266 e. The number of nitrogens with zero attached hydrogens (tertiary/aromatic N) is 3. The van der Waals surface area contributed by atoms with Gasteiger partial charge in [0, 0.05) is 17.6 Å². The molecule has 28 heavy (non-hydrogen) atoms. The minimum absolute atomic E-state index is 0.0192. The zero-order chi connectivity index (χ0) is 20.5. The van der Waals surface area contributed by atoms with Crippen LogP contribution in [0.4, 0.5) is 0 Å². The Morgan fingerprint density at radius 2 is 1.93 bits per heavy atom. The fraction of sp³-hybridized carbons (Fsp3) is 0.278. The van der Waals surface area contributed by atoms with Crippen LogP contribution in [0.5, 0.6) is 0 Å². The van der Waals surface area contributed by atoms with E-state index in [9.17, 15) is 13.2 Å². The fourth-order valence-corrected chi connectivity index (χ4v) is 5.14. The van der Waals surface area contributed by atoms with Gasteiger partial charge in [-0.1, -0.05) is 17.7 Å². The van der Waals surface area contributed by atoms with E-state index in [1.165, 1.54) is 28.2 Å². The van der Waals surface area contributed by atoms with Crippen molar-refractivity contribution >= 4 is 33.0 Å². The van der Waals surface area contributed by atoms with Crippen LogP contribution in [0.25, 0.3) is 10.6 Å². The highest BCUT2D eigenvalue weighted by atomic mass is 35.5. The summed E-state index contributed by atoms with van der Waals surface area (Å²) in [5, 5.41) is 5.61. The first-order valence-corrected chi connectivity index (χ1v) is 11.1. The molecule has 0 fully saturated rings. The largest absolute Gasteiger partial charge is 0.268 e. The second-order valence-corrected chi connectivity index (χ2v) is 9.61. The van der Waals surface area contributed by atoms with E-state index < -0.39 is 10.0 Å². The third kappa shape index (κ3) is 4.49. The third-order valence-electron chi connectivity index (χ3n) is 4.06. The van der Waals surface area contributed by atoms with Crippen molar-refractivity contribution in [3.8, 4) is 10.6 Å². The summed E-state index contributed by atoms with van der Waals surface area (Å²) < 4.78 is 28.8. The number of halogens is 1. The van der Waals surface area contributed by atoms with Crippen LogP contribution < -0.4 is 10.3 Å². The standard InChI is InChI=1S/C18H19ClN4O3S2/c1-11-4-5-14(19)10-16(11)28(25,26)20-8-9-23-17(24)7-6-15(22-23)18-12(2)21-13(3)27-18/h4-7,10,20H,8-9H2,1-3H3. The molecule has 1 N–H and O–H groups in total. The molecule has 2 heterocycles. The van der Waals surface area contributed by atoms with Crippen molar-refractivity contribution in [2.45, 2.75) is 32.2 Å². The maximum Gasteiger partial charge on any atom is 0.266 e. The summed E-state index contributed by atoms with van der Waals surface area (Å²) in [5.74, 6) is 0. The van der Waals surface area contributed by atoms with E-state index in [0.717, 1.165) is 15.6 Å². The van der Waals surface area contributed by atoms with Gasteiger partial charge < -0.3 is 0 Å². The SMILES string of the molecule is Cc1nc(C)c(-c2ccc(=O)n(CCNS(=O)(=O)c3cc(Cl)ccc3C)n2)s1. The number of nitrogens with one attached hydrogen (secondary N) is 1. The Bertz CT molecular complexity index is 1190. The predicted molar refractivity (Wildman–Crippen MR) is 110 cm³/mol. The van der Waals surface area contributed by atoms with Gasteiger partial charge >= 0.3 is 0 Å². The zero-order valence-electron chi connectivity index (χ0n) is 15.6. The van der Waals surface area contributed by atoms with Crippen molar-refractivity contribution < 1.29 is 8.42 Å². The molecule has 7 nitrogen and oxygen atoms in total. The number of aryl methyl sites for hydroxylation is 3. The molecular weight excluding hydrogens is 420 g/mol. The number of sulfonamides is 1. The van der Waals surface area contributed by atoms with Gasteiger partial charge in [0.1, 0.15) is 5.69 Å². The lowest BCUT2D eigenvalue weighted by molar-refractivity contribution is 0.548. The van der Waals surface area contributed by atoms with Crippen LogP contribution in [0.1, 0.15) is 16.3 Å². The van der Waals surface area contributed by atoms with Crippen LogP contribution in [0.2, 0.25) is 5.02 Å². The molecule has 0 aliphatic heterocycles. The van der Waals surface area contributed by atoms with E-state index in [1.54, 1.807) is 25.1 Å². The lowest BCUT2D eigenvalue weighted by Crippen LogP contribution is -2.32. The number of hydrogen-bond donors (Lipinski definition) is 1. The van der Waals surface area contributed by atoms with E-state index in [1.807, 2.05) is 13.8 Å². The molecule has 3 rings (SSSR count). The van der Waals surface area contributed by atoms with Gasteiger partial charge in [0.05, 0.1) is 27.0 Å². The molecule has 0 radical (unpaired) electrons. The molecular formula is C18H19ClN4O3S2. The van der Waals surface area contributed by atoms with Crippen molar-refractivity contribution in [1.82, 2.24) is 19.5 Å². The van der Waals surface area contributed by atoms with Crippen molar-refractivity contribution in [3.05, 3.63) is 62.0 Å². The van der Waals surface area contributed by atoms with Crippen LogP contribution in [-0.4, -0.2) is 29.7 Å². The quantitative estimate of drug-likeness (QED) is 0.638. The molecule has 0 spiro atoms. The van der Waals surface area contributed by atoms with Crippen molar-refractivity contribution in [3.63, 3.8) is 0 Å². The van der Waals surface area contributed by atoms with Crippen molar-refractivity contribution in [2.24, 2.45) is 0 Å². The van der Waals surface area contributed by atoms with Crippen molar-refractivity contribution in [1.29, 1.82) is 0 Å². The van der Waals surface area contributed by atoms with E-state index in [-0.39, 0.29) is 23.5 Å². The number of thiazole rings is 1. The molecule has 0 bridgehead atoms. The average molecular weight is 439 g/mol. The van der Waals surface area contributed by atoms with Crippen molar-refractivity contribution in [2.75, 3.05) is 6.54 Å². The molecule has 0 saturated carbocycles. The zero-order valence-corrected chi connectivity index (χ0v) is 18.0. The minimum Gasteiger partial charge on any atom is -0.268 e. The first-order valence-electron chi connectivity index (χ1n) is 8.46. The highest BCUT2D eigenvalue weighted by Gasteiger charge is 2.17. The molecule has 0 amide bonds. The van der Waals surface area contributed by atoms with Gasteiger partial charge in [-0.05, 0) is 44.5 Å². The van der Waals surface area contributed by atoms with Crippen LogP contribution in [0, 0.1) is 20.8 Å². The van der Waals surface area contributed by atoms with Gasteiger partial charge in [-0.2, -0.15) is 5.10 Å². The second kappa shape index (κ2) is 8.12. The van der Waals surface area contributed by atoms with E-state index >= 15 is 0 Å². The molecule has 0 aliphatic rings. The summed E-state index contributed by atoms with van der Waals surface area (Å²) in [6.07, 6.45) is 0. The number of benzene rings is 1. The van der Waals surface area contributed by atoms with Gasteiger partial charge in [-0.15, -0.1) is 11.3 Å². The monoisotopic (exact) mass is 438 g/mol. The molecule has 0 aliphatic carbocycles. The Morgan fingerprint density at radius 3 is 2.61 bits per heavy atom. The molecule has 10 heteroatoms. The van der Waals surface area contributed by atoms with Crippen LogP contribution in [0.15, 0.2) is 40.0 Å². The summed E-state index contributed by atoms with van der Waals surface area (Å²) in [7, 11) is -3.75. The van der Waals surface area contributed by atoms with E-state index in [4.69, 9.17) is 11.6 Å². The predicted octanol–water partition coefficient (Wildman–Crippen LogP) is 2.92. The van der Waals surface area contributed by atoms with E-state index in [0.29, 0.717) is 16.3 Å². The lowest BCUT2D eigenvalue weighted by Gasteiger charge is -2.11. The third-order valence-corrected chi connectivity index (χ3v) is 6.99. The summed E-state index contributed by atoms with van der Waals surface area (Å²) in [4.78, 5) is 17.5. The summed E-state index contributed by atoms with van der Waals surface area (Å²) in [6, 6.07) is 7.75. The Hall–Kier alpha value is -2.07. The molecule has 2 aromatic heterocycles. The van der Waals surface area contributed by atoms with Gasteiger partial charge in [0.15, 0.2) is 0 Å². The lowest BCUT2D eigenvalue weighted by atomic mass is 10.2. The highest BCUT2D eigenvalue weighted by Crippen LogP contribution is 2.27. The molecule has 1 aromatic carbocycles. The van der Waals surface area contributed by atoms with Crippen LogP contribution in [-0.2, 0) is 16.6 Å². The molecule has 3 aromatic rings. The number of aromatic nitrogens is 3. The maximum absolute atomic E-state index is 12.5. The fourth-order valence-electron chi connectivity index (χ4n) is 2.73. The second-order valence-electron chi connectivity index (χ2n) is 6.23. The van der Waals surface area contributed by atoms with Crippen LogP contribution >= 0.6 is 22.9 Å². The topological polar surface area (TPSA) is 94.0 Å². The Labute approximate surface area is 172 Å².